The molecule has 18 heavy (non-hydrogen) atoms. The average Bonchev–Trinajstić information content (AvgIpc) is 2.74. The van der Waals surface area contributed by atoms with E-state index in [0.29, 0.717) is 5.16 Å². The Balaban J connectivity index is 2.08. The van der Waals surface area contributed by atoms with E-state index >= 15 is 0 Å². The van der Waals surface area contributed by atoms with E-state index in [0.717, 1.165) is 34.4 Å². The third-order valence-corrected chi connectivity index (χ3v) is 3.58. The van der Waals surface area contributed by atoms with Gasteiger partial charge in [0.25, 0.3) is 0 Å². The molecule has 96 valence electrons. The number of H-pyrrole nitrogens is 1. The molecular weight excluding hydrogens is 268 g/mol. The van der Waals surface area contributed by atoms with Crippen molar-refractivity contribution in [3.63, 3.8) is 0 Å². The number of aromatic nitrogens is 3. The number of hydrogen-bond donors (Lipinski definition) is 2. The molecule has 0 fully saturated rings. The quantitative estimate of drug-likeness (QED) is 0.885. The van der Waals surface area contributed by atoms with Gasteiger partial charge in [-0.2, -0.15) is 0 Å². The van der Waals surface area contributed by atoms with E-state index in [4.69, 9.17) is 11.6 Å². The van der Waals surface area contributed by atoms with Crippen LogP contribution in [0.25, 0.3) is 0 Å². The van der Waals surface area contributed by atoms with Gasteiger partial charge in [0.1, 0.15) is 5.82 Å². The Morgan fingerprint density at radius 3 is 2.89 bits per heavy atom. The molecule has 0 aliphatic rings. The Labute approximate surface area is 116 Å². The van der Waals surface area contributed by atoms with E-state index < -0.39 is 0 Å². The van der Waals surface area contributed by atoms with E-state index in [9.17, 15) is 0 Å². The molecule has 6 heteroatoms. The van der Waals surface area contributed by atoms with Crippen molar-refractivity contribution >= 4 is 23.4 Å². The second kappa shape index (κ2) is 6.22. The van der Waals surface area contributed by atoms with Crippen molar-refractivity contribution in [2.75, 3.05) is 6.54 Å². The van der Waals surface area contributed by atoms with Crippen LogP contribution in [0.1, 0.15) is 18.3 Å². The van der Waals surface area contributed by atoms with E-state index in [1.807, 2.05) is 25.1 Å². The minimum Gasteiger partial charge on any atom is -0.313 e. The number of aryl methyl sites for hydroxylation is 1. The number of halogens is 1. The maximum absolute atomic E-state index is 6.23. The van der Waals surface area contributed by atoms with E-state index in [1.165, 1.54) is 11.8 Å². The zero-order valence-electron chi connectivity index (χ0n) is 10.3. The van der Waals surface area contributed by atoms with Crippen molar-refractivity contribution in [1.82, 2.24) is 20.5 Å². The molecule has 2 aromatic rings. The van der Waals surface area contributed by atoms with Gasteiger partial charge in [0, 0.05) is 16.5 Å². The van der Waals surface area contributed by atoms with Crippen molar-refractivity contribution < 1.29 is 0 Å². The SMILES string of the molecule is CCNCc1ccc(Sc2n[nH]c(C)n2)cc1Cl. The van der Waals surface area contributed by atoms with Gasteiger partial charge in [-0.15, -0.1) is 5.10 Å². The molecule has 1 aromatic carbocycles. The van der Waals surface area contributed by atoms with E-state index in [-0.39, 0.29) is 0 Å². The van der Waals surface area contributed by atoms with Gasteiger partial charge in [-0.3, -0.25) is 5.10 Å². The molecule has 2 rings (SSSR count). The van der Waals surface area contributed by atoms with E-state index in [1.54, 1.807) is 0 Å². The summed E-state index contributed by atoms with van der Waals surface area (Å²) in [6.07, 6.45) is 0. The molecule has 2 N–H and O–H groups in total. The molecule has 0 saturated heterocycles. The molecule has 0 spiro atoms. The second-order valence-corrected chi connectivity index (χ2v) is 5.29. The molecule has 4 nitrogen and oxygen atoms in total. The van der Waals surface area contributed by atoms with E-state index in [2.05, 4.69) is 27.4 Å². The smallest absolute Gasteiger partial charge is 0.213 e. The summed E-state index contributed by atoms with van der Waals surface area (Å²) >= 11 is 7.73. The Kier molecular flexibility index (Phi) is 4.63. The van der Waals surface area contributed by atoms with Gasteiger partial charge >= 0.3 is 0 Å². The molecule has 0 unspecified atom stereocenters. The summed E-state index contributed by atoms with van der Waals surface area (Å²) in [6, 6.07) is 6.02. The summed E-state index contributed by atoms with van der Waals surface area (Å²) in [7, 11) is 0. The summed E-state index contributed by atoms with van der Waals surface area (Å²) in [5.41, 5.74) is 1.11. The first-order valence-corrected chi connectivity index (χ1v) is 6.94. The molecular formula is C12H15ClN4S. The number of nitrogens with zero attached hydrogens (tertiary/aromatic N) is 2. The highest BCUT2D eigenvalue weighted by Gasteiger charge is 2.06. The van der Waals surface area contributed by atoms with Gasteiger partial charge in [-0.05, 0) is 42.9 Å². The third-order valence-electron chi connectivity index (χ3n) is 2.38. The number of hydrogen-bond acceptors (Lipinski definition) is 4. The van der Waals surface area contributed by atoms with Crippen LogP contribution in [-0.2, 0) is 6.54 Å². The Bertz CT molecular complexity index is 527. The second-order valence-electron chi connectivity index (χ2n) is 3.84. The monoisotopic (exact) mass is 282 g/mol. The van der Waals surface area contributed by atoms with Crippen LogP contribution in [0.3, 0.4) is 0 Å². The van der Waals surface area contributed by atoms with Gasteiger partial charge in [0.05, 0.1) is 0 Å². The molecule has 0 aliphatic heterocycles. The highest BCUT2D eigenvalue weighted by atomic mass is 35.5. The predicted octanol–water partition coefficient (Wildman–Crippen LogP) is 3.03. The maximum atomic E-state index is 6.23. The normalized spacial score (nSPS) is 10.8. The molecule has 0 bridgehead atoms. The first-order chi connectivity index (χ1) is 8.69. The van der Waals surface area contributed by atoms with Crippen LogP contribution < -0.4 is 5.32 Å². The topological polar surface area (TPSA) is 53.6 Å². The molecule has 0 saturated carbocycles. The van der Waals surface area contributed by atoms with Crippen molar-refractivity contribution in [2.24, 2.45) is 0 Å². The lowest BCUT2D eigenvalue weighted by molar-refractivity contribution is 0.726. The zero-order chi connectivity index (χ0) is 13.0. The minimum absolute atomic E-state index is 0.711. The molecule has 0 amide bonds. The van der Waals surface area contributed by atoms with Gasteiger partial charge < -0.3 is 5.32 Å². The van der Waals surface area contributed by atoms with Crippen LogP contribution in [-0.4, -0.2) is 21.7 Å². The lowest BCUT2D eigenvalue weighted by Gasteiger charge is -2.06. The standard InChI is InChI=1S/C12H15ClN4S/c1-3-14-7-9-4-5-10(6-11(9)13)18-12-15-8(2)16-17-12/h4-6,14H,3,7H2,1-2H3,(H,15,16,17). The number of nitrogens with one attached hydrogen (secondary N) is 2. The summed E-state index contributed by atoms with van der Waals surface area (Å²) in [5, 5.41) is 11.6. The minimum atomic E-state index is 0.711. The van der Waals surface area contributed by atoms with Crippen molar-refractivity contribution in [2.45, 2.75) is 30.4 Å². The lowest BCUT2D eigenvalue weighted by atomic mass is 10.2. The average molecular weight is 283 g/mol. The highest BCUT2D eigenvalue weighted by Crippen LogP contribution is 2.28. The first kappa shape index (κ1) is 13.4. The van der Waals surface area contributed by atoms with Crippen molar-refractivity contribution in [3.05, 3.63) is 34.6 Å². The summed E-state index contributed by atoms with van der Waals surface area (Å²) in [6.45, 7) is 5.68. The summed E-state index contributed by atoms with van der Waals surface area (Å²) in [5.74, 6) is 0.812. The Morgan fingerprint density at radius 2 is 2.28 bits per heavy atom. The number of rotatable bonds is 5. The number of benzene rings is 1. The van der Waals surface area contributed by atoms with Crippen LogP contribution in [0.5, 0.6) is 0 Å². The summed E-state index contributed by atoms with van der Waals surface area (Å²) in [4.78, 5) is 5.29. The molecule has 1 heterocycles. The van der Waals surface area contributed by atoms with Crippen LogP contribution in [0.15, 0.2) is 28.3 Å². The zero-order valence-corrected chi connectivity index (χ0v) is 11.9. The largest absolute Gasteiger partial charge is 0.313 e. The Hall–Kier alpha value is -1.04. The number of aromatic amines is 1. The van der Waals surface area contributed by atoms with Crippen molar-refractivity contribution in [1.29, 1.82) is 0 Å². The fourth-order valence-corrected chi connectivity index (χ4v) is 2.58. The van der Waals surface area contributed by atoms with Crippen LogP contribution in [0.4, 0.5) is 0 Å². The van der Waals surface area contributed by atoms with Crippen LogP contribution in [0, 0.1) is 6.92 Å². The first-order valence-electron chi connectivity index (χ1n) is 5.75. The fraction of sp³-hybridized carbons (Fsp3) is 0.333. The third kappa shape index (κ3) is 3.48. The highest BCUT2D eigenvalue weighted by molar-refractivity contribution is 7.99. The molecule has 0 aliphatic carbocycles. The predicted molar refractivity (Wildman–Crippen MR) is 74.1 cm³/mol. The maximum Gasteiger partial charge on any atom is 0.213 e. The fourth-order valence-electron chi connectivity index (χ4n) is 1.47. The van der Waals surface area contributed by atoms with Gasteiger partial charge in [-0.1, -0.05) is 24.6 Å². The molecule has 0 atom stereocenters. The Morgan fingerprint density at radius 1 is 1.44 bits per heavy atom. The van der Waals surface area contributed by atoms with Crippen LogP contribution >= 0.6 is 23.4 Å². The van der Waals surface area contributed by atoms with Crippen LogP contribution in [0.2, 0.25) is 5.02 Å². The van der Waals surface area contributed by atoms with Gasteiger partial charge in [-0.25, -0.2) is 4.98 Å². The van der Waals surface area contributed by atoms with Gasteiger partial charge in [0.2, 0.25) is 5.16 Å². The molecule has 1 aromatic heterocycles. The lowest BCUT2D eigenvalue weighted by Crippen LogP contribution is -2.11. The summed E-state index contributed by atoms with van der Waals surface area (Å²) < 4.78 is 0. The van der Waals surface area contributed by atoms with Gasteiger partial charge in [0.15, 0.2) is 0 Å². The van der Waals surface area contributed by atoms with Crippen molar-refractivity contribution in [3.8, 4) is 0 Å². The molecule has 0 radical (unpaired) electrons.